The minimum Gasteiger partial charge on any atom is -0.332 e. The standard InChI is InChI=1S/C16H23N3O/c1-12(13-7-5-4-6-8-13)19-11-16(17-9-10-18-16)15(2,3)14(19)20/h4-8,12,17-18H,9-11H2,1-3H3. The van der Waals surface area contributed by atoms with Crippen molar-refractivity contribution in [3.05, 3.63) is 35.9 Å². The van der Waals surface area contributed by atoms with Crippen LogP contribution in [0.4, 0.5) is 0 Å². The summed E-state index contributed by atoms with van der Waals surface area (Å²) in [6.07, 6.45) is 0. The van der Waals surface area contributed by atoms with Gasteiger partial charge in [-0.2, -0.15) is 0 Å². The van der Waals surface area contributed by atoms with Gasteiger partial charge in [-0.05, 0) is 26.3 Å². The number of amides is 1. The Morgan fingerprint density at radius 2 is 1.75 bits per heavy atom. The van der Waals surface area contributed by atoms with E-state index in [0.29, 0.717) is 0 Å². The van der Waals surface area contributed by atoms with Gasteiger partial charge in [0.25, 0.3) is 0 Å². The maximum Gasteiger partial charge on any atom is 0.232 e. The molecule has 3 rings (SSSR count). The van der Waals surface area contributed by atoms with Crippen LogP contribution < -0.4 is 10.6 Å². The first kappa shape index (κ1) is 13.6. The van der Waals surface area contributed by atoms with Crippen molar-refractivity contribution < 1.29 is 4.79 Å². The molecule has 2 fully saturated rings. The van der Waals surface area contributed by atoms with Crippen molar-refractivity contribution in [1.29, 1.82) is 0 Å². The molecule has 0 aromatic heterocycles. The molecule has 1 aromatic rings. The minimum absolute atomic E-state index is 0.103. The Bertz CT molecular complexity index is 506. The summed E-state index contributed by atoms with van der Waals surface area (Å²) in [5.74, 6) is 0.218. The molecular weight excluding hydrogens is 250 g/mol. The zero-order chi connectivity index (χ0) is 14.4. The van der Waals surface area contributed by atoms with Crippen LogP contribution in [0.15, 0.2) is 30.3 Å². The van der Waals surface area contributed by atoms with E-state index in [-0.39, 0.29) is 17.6 Å². The molecule has 2 aliphatic rings. The van der Waals surface area contributed by atoms with Gasteiger partial charge in [0.1, 0.15) is 5.66 Å². The lowest BCUT2D eigenvalue weighted by molar-refractivity contribution is -0.137. The number of rotatable bonds is 2. The van der Waals surface area contributed by atoms with Gasteiger partial charge in [-0.25, -0.2) is 0 Å². The molecule has 4 nitrogen and oxygen atoms in total. The van der Waals surface area contributed by atoms with Gasteiger partial charge in [0.15, 0.2) is 0 Å². The van der Waals surface area contributed by atoms with E-state index in [1.807, 2.05) is 36.9 Å². The minimum atomic E-state index is -0.424. The van der Waals surface area contributed by atoms with Gasteiger partial charge in [0.05, 0.1) is 18.0 Å². The number of likely N-dealkylation sites (tertiary alicyclic amines) is 1. The Hall–Kier alpha value is -1.39. The highest BCUT2D eigenvalue weighted by atomic mass is 16.2. The first-order valence-corrected chi connectivity index (χ1v) is 7.34. The molecule has 1 spiro atoms. The zero-order valence-electron chi connectivity index (χ0n) is 12.4. The molecule has 1 atom stereocenters. The summed E-state index contributed by atoms with van der Waals surface area (Å²) >= 11 is 0. The van der Waals surface area contributed by atoms with Gasteiger partial charge >= 0.3 is 0 Å². The van der Waals surface area contributed by atoms with E-state index >= 15 is 0 Å². The van der Waals surface area contributed by atoms with Crippen LogP contribution in [0.3, 0.4) is 0 Å². The molecule has 4 heteroatoms. The highest BCUT2D eigenvalue weighted by molar-refractivity contribution is 5.87. The Morgan fingerprint density at radius 1 is 1.15 bits per heavy atom. The quantitative estimate of drug-likeness (QED) is 0.858. The number of hydrogen-bond acceptors (Lipinski definition) is 3. The van der Waals surface area contributed by atoms with Gasteiger partial charge in [-0.3, -0.25) is 15.4 Å². The molecular formula is C16H23N3O. The molecule has 2 heterocycles. The van der Waals surface area contributed by atoms with E-state index in [4.69, 9.17) is 0 Å². The maximum absolute atomic E-state index is 12.8. The second-order valence-corrected chi connectivity index (χ2v) is 6.40. The van der Waals surface area contributed by atoms with Crippen molar-refractivity contribution in [3.8, 4) is 0 Å². The number of nitrogens with one attached hydrogen (secondary N) is 2. The van der Waals surface area contributed by atoms with E-state index in [1.54, 1.807) is 0 Å². The molecule has 1 unspecified atom stereocenters. The number of hydrogen-bond donors (Lipinski definition) is 2. The predicted molar refractivity (Wildman–Crippen MR) is 79.1 cm³/mol. The predicted octanol–water partition coefficient (Wildman–Crippen LogP) is 1.51. The third-order valence-electron chi connectivity index (χ3n) is 5.00. The summed E-state index contributed by atoms with van der Waals surface area (Å²) < 4.78 is 0. The molecule has 2 aliphatic heterocycles. The van der Waals surface area contributed by atoms with Crippen LogP contribution >= 0.6 is 0 Å². The summed E-state index contributed by atoms with van der Waals surface area (Å²) in [7, 11) is 0. The lowest BCUT2D eigenvalue weighted by Crippen LogP contribution is -2.60. The van der Waals surface area contributed by atoms with Gasteiger partial charge in [0, 0.05) is 13.1 Å². The van der Waals surface area contributed by atoms with Crippen molar-refractivity contribution in [2.75, 3.05) is 19.6 Å². The number of carbonyl (C=O) groups excluding carboxylic acids is 1. The highest BCUT2D eigenvalue weighted by Gasteiger charge is 2.60. The Balaban J connectivity index is 1.91. The highest BCUT2D eigenvalue weighted by Crippen LogP contribution is 2.42. The second kappa shape index (κ2) is 4.57. The van der Waals surface area contributed by atoms with E-state index in [9.17, 15) is 4.79 Å². The average molecular weight is 273 g/mol. The Kier molecular flexibility index (Phi) is 3.10. The van der Waals surface area contributed by atoms with E-state index in [0.717, 1.165) is 19.6 Å². The monoisotopic (exact) mass is 273 g/mol. The summed E-state index contributed by atoms with van der Waals surface area (Å²) in [6, 6.07) is 10.3. The lowest BCUT2D eigenvalue weighted by Gasteiger charge is -2.35. The molecule has 108 valence electrons. The normalized spacial score (nSPS) is 25.4. The number of carbonyl (C=O) groups is 1. The fourth-order valence-electron chi connectivity index (χ4n) is 3.46. The summed E-state index contributed by atoms with van der Waals surface area (Å²) in [4.78, 5) is 14.8. The van der Waals surface area contributed by atoms with Crippen LogP contribution in [-0.2, 0) is 4.79 Å². The molecule has 2 N–H and O–H groups in total. The lowest BCUT2D eigenvalue weighted by atomic mass is 9.81. The Morgan fingerprint density at radius 3 is 2.35 bits per heavy atom. The zero-order valence-corrected chi connectivity index (χ0v) is 12.4. The fraction of sp³-hybridized carbons (Fsp3) is 0.562. The van der Waals surface area contributed by atoms with Crippen LogP contribution in [0.5, 0.6) is 0 Å². The molecule has 20 heavy (non-hydrogen) atoms. The molecule has 1 amide bonds. The molecule has 0 bridgehead atoms. The van der Waals surface area contributed by atoms with E-state index in [2.05, 4.69) is 29.7 Å². The summed E-state index contributed by atoms with van der Waals surface area (Å²) in [6.45, 7) is 8.75. The van der Waals surface area contributed by atoms with Crippen molar-refractivity contribution in [2.45, 2.75) is 32.5 Å². The first-order valence-electron chi connectivity index (χ1n) is 7.34. The molecule has 0 radical (unpaired) electrons. The number of benzene rings is 1. The number of nitrogens with zero attached hydrogens (tertiary/aromatic N) is 1. The van der Waals surface area contributed by atoms with Crippen LogP contribution in [0.2, 0.25) is 0 Å². The molecule has 2 saturated heterocycles. The molecule has 0 saturated carbocycles. The van der Waals surface area contributed by atoms with Crippen molar-refractivity contribution in [2.24, 2.45) is 5.41 Å². The van der Waals surface area contributed by atoms with Crippen LogP contribution in [0.25, 0.3) is 0 Å². The van der Waals surface area contributed by atoms with Crippen molar-refractivity contribution in [3.63, 3.8) is 0 Å². The third kappa shape index (κ3) is 1.79. The smallest absolute Gasteiger partial charge is 0.232 e. The third-order valence-corrected chi connectivity index (χ3v) is 5.00. The van der Waals surface area contributed by atoms with Gasteiger partial charge in [-0.15, -0.1) is 0 Å². The topological polar surface area (TPSA) is 44.4 Å². The van der Waals surface area contributed by atoms with Crippen LogP contribution in [0.1, 0.15) is 32.4 Å². The van der Waals surface area contributed by atoms with E-state index in [1.165, 1.54) is 5.56 Å². The summed E-state index contributed by atoms with van der Waals surface area (Å²) in [5.41, 5.74) is 0.478. The SMILES string of the molecule is CC(c1ccccc1)N1CC2(NCCN2)C(C)(C)C1=O. The Labute approximate surface area is 120 Å². The van der Waals surface area contributed by atoms with Crippen molar-refractivity contribution >= 4 is 5.91 Å². The first-order chi connectivity index (χ1) is 9.48. The largest absolute Gasteiger partial charge is 0.332 e. The molecule has 1 aromatic carbocycles. The molecule has 0 aliphatic carbocycles. The fourth-order valence-corrected chi connectivity index (χ4v) is 3.46. The average Bonchev–Trinajstić information content (AvgIpc) is 3.00. The van der Waals surface area contributed by atoms with Gasteiger partial charge in [0.2, 0.25) is 5.91 Å². The van der Waals surface area contributed by atoms with Crippen LogP contribution in [0, 0.1) is 5.41 Å². The van der Waals surface area contributed by atoms with Gasteiger partial charge < -0.3 is 4.90 Å². The van der Waals surface area contributed by atoms with E-state index < -0.39 is 5.41 Å². The van der Waals surface area contributed by atoms with Crippen LogP contribution in [-0.4, -0.2) is 36.1 Å². The maximum atomic E-state index is 12.8. The second-order valence-electron chi connectivity index (χ2n) is 6.40. The van der Waals surface area contributed by atoms with Crippen molar-refractivity contribution in [1.82, 2.24) is 15.5 Å². The summed E-state index contributed by atoms with van der Waals surface area (Å²) in [5, 5.41) is 7.03. The van der Waals surface area contributed by atoms with Gasteiger partial charge in [-0.1, -0.05) is 30.3 Å².